The molecule has 1 atom stereocenters. The molecule has 1 aliphatic heterocycles. The molecule has 2 fully saturated rings. The summed E-state index contributed by atoms with van der Waals surface area (Å²) in [4.78, 5) is 14.9. The number of benzene rings is 1. The van der Waals surface area contributed by atoms with Gasteiger partial charge in [0.05, 0.1) is 0 Å². The third-order valence-corrected chi connectivity index (χ3v) is 5.12. The maximum atomic E-state index is 12.5. The van der Waals surface area contributed by atoms with Gasteiger partial charge in [-0.15, -0.1) is 0 Å². The second-order valence-electron chi connectivity index (χ2n) is 6.82. The van der Waals surface area contributed by atoms with Crippen LogP contribution in [0.2, 0.25) is 0 Å². The highest BCUT2D eigenvalue weighted by atomic mass is 16.1. The molecule has 1 aromatic carbocycles. The van der Waals surface area contributed by atoms with E-state index in [1.807, 2.05) is 0 Å². The summed E-state index contributed by atoms with van der Waals surface area (Å²) in [5, 5.41) is 3.34. The Balaban J connectivity index is 1.54. The van der Waals surface area contributed by atoms with Gasteiger partial charge >= 0.3 is 0 Å². The summed E-state index contributed by atoms with van der Waals surface area (Å²) in [5.74, 6) is 0.566. The molecule has 1 aromatic rings. The number of amides is 1. The van der Waals surface area contributed by atoms with Gasteiger partial charge in [0.25, 0.3) is 0 Å². The third-order valence-electron chi connectivity index (χ3n) is 5.12. The number of piperidine rings is 1. The van der Waals surface area contributed by atoms with Crippen LogP contribution in [0.5, 0.6) is 0 Å². The van der Waals surface area contributed by atoms with Crippen LogP contribution >= 0.6 is 0 Å². The first-order valence-electron chi connectivity index (χ1n) is 8.93. The fourth-order valence-electron chi connectivity index (χ4n) is 3.83. The van der Waals surface area contributed by atoms with E-state index in [2.05, 4.69) is 40.5 Å². The highest BCUT2D eigenvalue weighted by Gasteiger charge is 2.25. The molecule has 3 nitrogen and oxygen atoms in total. The van der Waals surface area contributed by atoms with Crippen LogP contribution in [0.4, 0.5) is 5.69 Å². The maximum absolute atomic E-state index is 12.5. The van der Waals surface area contributed by atoms with Crippen LogP contribution in [-0.2, 0) is 4.79 Å². The summed E-state index contributed by atoms with van der Waals surface area (Å²) >= 11 is 0. The van der Waals surface area contributed by atoms with Gasteiger partial charge in [0.15, 0.2) is 0 Å². The molecule has 1 unspecified atom stereocenters. The lowest BCUT2D eigenvalue weighted by Crippen LogP contribution is -2.49. The zero-order chi connectivity index (χ0) is 15.2. The van der Waals surface area contributed by atoms with E-state index in [1.165, 1.54) is 31.4 Å². The molecule has 1 aliphatic carbocycles. The number of para-hydroxylation sites is 1. The Bertz CT molecular complexity index is 466. The van der Waals surface area contributed by atoms with E-state index in [0.717, 1.165) is 38.8 Å². The summed E-state index contributed by atoms with van der Waals surface area (Å²) < 4.78 is 0. The van der Waals surface area contributed by atoms with E-state index < -0.39 is 0 Å². The van der Waals surface area contributed by atoms with E-state index in [1.54, 1.807) is 0 Å². The number of nitrogens with zero attached hydrogens (tertiary/aromatic N) is 1. The molecule has 1 heterocycles. The largest absolute Gasteiger partial charge is 0.369 e. The molecule has 1 amide bonds. The molecule has 2 aliphatic rings. The van der Waals surface area contributed by atoms with Crippen LogP contribution in [0.3, 0.4) is 0 Å². The SMILES string of the molecule is O=C(NC1CCCN(c2ccccc2)C1)C1CCCCCC1. The van der Waals surface area contributed by atoms with E-state index in [9.17, 15) is 4.79 Å². The fraction of sp³-hybridized carbons (Fsp3) is 0.632. The van der Waals surface area contributed by atoms with E-state index in [-0.39, 0.29) is 5.92 Å². The molecule has 1 saturated heterocycles. The minimum atomic E-state index is 0.259. The van der Waals surface area contributed by atoms with Gasteiger partial charge in [0.1, 0.15) is 0 Å². The van der Waals surface area contributed by atoms with Crippen LogP contribution in [0.15, 0.2) is 30.3 Å². The summed E-state index contributed by atoms with van der Waals surface area (Å²) in [6.07, 6.45) is 9.48. The first-order valence-corrected chi connectivity index (χ1v) is 8.93. The number of hydrogen-bond donors (Lipinski definition) is 1. The average Bonchev–Trinajstić information content (AvgIpc) is 2.85. The van der Waals surface area contributed by atoms with Crippen molar-refractivity contribution in [3.05, 3.63) is 30.3 Å². The zero-order valence-corrected chi connectivity index (χ0v) is 13.5. The molecule has 0 spiro atoms. The maximum Gasteiger partial charge on any atom is 0.223 e. The summed E-state index contributed by atoms with van der Waals surface area (Å²) in [7, 11) is 0. The summed E-state index contributed by atoms with van der Waals surface area (Å²) in [6, 6.07) is 10.9. The van der Waals surface area contributed by atoms with Crippen molar-refractivity contribution in [3.63, 3.8) is 0 Å². The Morgan fingerprint density at radius 2 is 1.68 bits per heavy atom. The lowest BCUT2D eigenvalue weighted by molar-refractivity contribution is -0.126. The molecule has 1 saturated carbocycles. The third kappa shape index (κ3) is 4.02. The first-order chi connectivity index (χ1) is 10.8. The lowest BCUT2D eigenvalue weighted by Gasteiger charge is -2.35. The van der Waals surface area contributed by atoms with E-state index in [0.29, 0.717) is 11.9 Å². The van der Waals surface area contributed by atoms with E-state index in [4.69, 9.17) is 0 Å². The van der Waals surface area contributed by atoms with Crippen molar-refractivity contribution in [1.29, 1.82) is 0 Å². The van der Waals surface area contributed by atoms with Crippen LogP contribution in [0.1, 0.15) is 51.4 Å². The van der Waals surface area contributed by atoms with Crippen molar-refractivity contribution in [2.75, 3.05) is 18.0 Å². The van der Waals surface area contributed by atoms with Crippen molar-refractivity contribution in [3.8, 4) is 0 Å². The zero-order valence-electron chi connectivity index (χ0n) is 13.5. The monoisotopic (exact) mass is 300 g/mol. The van der Waals surface area contributed by atoms with Gasteiger partial charge in [-0.05, 0) is 37.8 Å². The van der Waals surface area contributed by atoms with Gasteiger partial charge < -0.3 is 10.2 Å². The standard InChI is InChI=1S/C19H28N2O/c22-19(16-9-4-1-2-5-10-16)20-17-11-8-14-21(15-17)18-12-6-3-7-13-18/h3,6-7,12-13,16-17H,1-2,4-5,8-11,14-15H2,(H,20,22). The predicted molar refractivity (Wildman–Crippen MR) is 91.0 cm³/mol. The van der Waals surface area contributed by atoms with Gasteiger partial charge in [-0.3, -0.25) is 4.79 Å². The van der Waals surface area contributed by atoms with Gasteiger partial charge in [-0.2, -0.15) is 0 Å². The second-order valence-corrected chi connectivity index (χ2v) is 6.82. The Hall–Kier alpha value is -1.51. The molecule has 120 valence electrons. The smallest absolute Gasteiger partial charge is 0.223 e. The minimum Gasteiger partial charge on any atom is -0.369 e. The molecular weight excluding hydrogens is 272 g/mol. The number of hydrogen-bond acceptors (Lipinski definition) is 2. The molecule has 0 radical (unpaired) electrons. The quantitative estimate of drug-likeness (QED) is 0.862. The second kappa shape index (κ2) is 7.66. The van der Waals surface area contributed by atoms with Gasteiger partial charge in [-0.1, -0.05) is 43.9 Å². The van der Waals surface area contributed by atoms with Crippen molar-refractivity contribution in [2.24, 2.45) is 5.92 Å². The Morgan fingerprint density at radius 3 is 2.41 bits per heavy atom. The molecule has 3 heteroatoms. The summed E-state index contributed by atoms with van der Waals surface area (Å²) in [5.41, 5.74) is 1.27. The van der Waals surface area contributed by atoms with Crippen molar-refractivity contribution >= 4 is 11.6 Å². The molecule has 0 aromatic heterocycles. The van der Waals surface area contributed by atoms with Crippen LogP contribution in [0, 0.1) is 5.92 Å². The predicted octanol–water partition coefficient (Wildman–Crippen LogP) is 3.74. The topological polar surface area (TPSA) is 32.3 Å². The fourth-order valence-corrected chi connectivity index (χ4v) is 3.83. The van der Waals surface area contributed by atoms with Gasteiger partial charge in [-0.25, -0.2) is 0 Å². The Kier molecular flexibility index (Phi) is 5.36. The van der Waals surface area contributed by atoms with Gasteiger partial charge in [0, 0.05) is 30.7 Å². The Morgan fingerprint density at radius 1 is 0.955 bits per heavy atom. The highest BCUT2D eigenvalue weighted by Crippen LogP contribution is 2.24. The highest BCUT2D eigenvalue weighted by molar-refractivity contribution is 5.79. The summed E-state index contributed by atoms with van der Waals surface area (Å²) in [6.45, 7) is 2.04. The molecule has 3 rings (SSSR count). The number of carbonyl (C=O) groups is 1. The normalized spacial score (nSPS) is 23.8. The van der Waals surface area contributed by atoms with Crippen molar-refractivity contribution in [1.82, 2.24) is 5.32 Å². The Labute approximate surface area is 134 Å². The van der Waals surface area contributed by atoms with Crippen molar-refractivity contribution < 1.29 is 4.79 Å². The molecule has 0 bridgehead atoms. The van der Waals surface area contributed by atoms with E-state index >= 15 is 0 Å². The minimum absolute atomic E-state index is 0.259. The molecule has 1 N–H and O–H groups in total. The van der Waals surface area contributed by atoms with Crippen LogP contribution in [-0.4, -0.2) is 25.0 Å². The molecule has 22 heavy (non-hydrogen) atoms. The lowest BCUT2D eigenvalue weighted by atomic mass is 9.97. The average molecular weight is 300 g/mol. The van der Waals surface area contributed by atoms with Crippen LogP contribution in [0.25, 0.3) is 0 Å². The molecular formula is C19H28N2O. The van der Waals surface area contributed by atoms with Crippen molar-refractivity contribution in [2.45, 2.75) is 57.4 Å². The number of carbonyl (C=O) groups excluding carboxylic acids is 1. The first kappa shape index (κ1) is 15.4. The van der Waals surface area contributed by atoms with Gasteiger partial charge in [0.2, 0.25) is 5.91 Å². The number of anilines is 1. The number of nitrogens with one attached hydrogen (secondary N) is 1. The van der Waals surface area contributed by atoms with Crippen LogP contribution < -0.4 is 10.2 Å². The number of rotatable bonds is 3.